The van der Waals surface area contributed by atoms with E-state index in [2.05, 4.69) is 0 Å². The fourth-order valence-corrected chi connectivity index (χ4v) is 8.53. The Kier molecular flexibility index (Phi) is 5.48. The molecule has 4 saturated carbocycles. The number of esters is 2. The lowest BCUT2D eigenvalue weighted by Crippen LogP contribution is -2.43. The topological polar surface area (TPSA) is 86.7 Å². The van der Waals surface area contributed by atoms with E-state index in [1.807, 2.05) is 71.9 Å². The first kappa shape index (κ1) is 26.9. The van der Waals surface area contributed by atoms with Crippen molar-refractivity contribution >= 4 is 23.5 Å². The van der Waals surface area contributed by atoms with Crippen LogP contribution >= 0.6 is 0 Å². The second-order valence-corrected chi connectivity index (χ2v) is 14.1. The molecule has 4 fully saturated rings. The molecule has 4 atom stereocenters. The fraction of sp³-hybridized carbons (Fsp3) is 0.529. The Morgan fingerprint density at radius 1 is 0.650 bits per heavy atom. The molecule has 4 bridgehead atoms. The van der Waals surface area contributed by atoms with Crippen LogP contribution in [-0.2, 0) is 19.2 Å². The second-order valence-electron chi connectivity index (χ2n) is 14.1. The minimum Gasteiger partial charge on any atom is -0.426 e. The predicted molar refractivity (Wildman–Crippen MR) is 150 cm³/mol. The van der Waals surface area contributed by atoms with E-state index in [0.717, 1.165) is 5.56 Å². The highest BCUT2D eigenvalue weighted by Crippen LogP contribution is 2.72. The zero-order chi connectivity index (χ0) is 28.9. The van der Waals surface area contributed by atoms with Gasteiger partial charge in [0.05, 0.1) is 10.8 Å². The summed E-state index contributed by atoms with van der Waals surface area (Å²) in [4.78, 5) is 53.4. The zero-order valence-corrected chi connectivity index (χ0v) is 24.3. The SMILES string of the molecule is CC12CCC(C(=O)Oc3ccc(OC(=O)C45CCC(C)(C(=O)C4)C5(C)C)c(-c4ccccc4)c3)(CC1=O)C2(C)C. The van der Waals surface area contributed by atoms with Gasteiger partial charge in [0.2, 0.25) is 0 Å². The summed E-state index contributed by atoms with van der Waals surface area (Å²) in [6.45, 7) is 12.0. The van der Waals surface area contributed by atoms with Gasteiger partial charge >= 0.3 is 11.9 Å². The normalized spacial score (nSPS) is 34.8. The van der Waals surface area contributed by atoms with Gasteiger partial charge in [0.25, 0.3) is 0 Å². The molecule has 210 valence electrons. The van der Waals surface area contributed by atoms with Crippen LogP contribution in [0.3, 0.4) is 0 Å². The third-order valence-corrected chi connectivity index (χ3v) is 12.6. The number of hydrogen-bond donors (Lipinski definition) is 0. The van der Waals surface area contributed by atoms with Gasteiger partial charge in [0, 0.05) is 29.2 Å². The number of fused-ring (bicyclic) bond motifs is 4. The van der Waals surface area contributed by atoms with Crippen LogP contribution in [0, 0.1) is 32.5 Å². The Hall–Kier alpha value is -3.28. The molecule has 0 N–H and O–H groups in total. The number of carbonyl (C=O) groups excluding carboxylic acids is 4. The van der Waals surface area contributed by atoms with Crippen molar-refractivity contribution in [3.8, 4) is 22.6 Å². The van der Waals surface area contributed by atoms with Crippen LogP contribution in [0.2, 0.25) is 0 Å². The Balaban J connectivity index is 1.33. The maximum Gasteiger partial charge on any atom is 0.318 e. The predicted octanol–water partition coefficient (Wildman–Crippen LogP) is 6.74. The smallest absolute Gasteiger partial charge is 0.318 e. The first-order chi connectivity index (χ1) is 18.7. The van der Waals surface area contributed by atoms with Gasteiger partial charge in [0.1, 0.15) is 23.1 Å². The van der Waals surface area contributed by atoms with Gasteiger partial charge in [-0.3, -0.25) is 19.2 Å². The van der Waals surface area contributed by atoms with Crippen molar-refractivity contribution < 1.29 is 28.7 Å². The van der Waals surface area contributed by atoms with E-state index in [4.69, 9.17) is 9.47 Å². The summed E-state index contributed by atoms with van der Waals surface area (Å²) < 4.78 is 12.1. The van der Waals surface area contributed by atoms with Gasteiger partial charge < -0.3 is 9.47 Å². The first-order valence-electron chi connectivity index (χ1n) is 14.4. The molecule has 2 aromatic rings. The summed E-state index contributed by atoms with van der Waals surface area (Å²) in [6.07, 6.45) is 2.99. The Morgan fingerprint density at radius 3 is 1.60 bits per heavy atom. The molecule has 0 aliphatic heterocycles. The Labute approximate surface area is 235 Å². The van der Waals surface area contributed by atoms with Crippen molar-refractivity contribution in [1.82, 2.24) is 0 Å². The maximum atomic E-state index is 13.8. The van der Waals surface area contributed by atoms with Crippen molar-refractivity contribution in [3.05, 3.63) is 48.5 Å². The summed E-state index contributed by atoms with van der Waals surface area (Å²) in [7, 11) is 0. The molecule has 0 amide bonds. The second kappa shape index (κ2) is 8.14. The van der Waals surface area contributed by atoms with E-state index < -0.39 is 32.5 Å². The van der Waals surface area contributed by atoms with Crippen LogP contribution in [0.15, 0.2) is 48.5 Å². The van der Waals surface area contributed by atoms with Crippen LogP contribution in [0.1, 0.15) is 80.1 Å². The molecule has 6 heteroatoms. The highest BCUT2D eigenvalue weighted by molar-refractivity contribution is 5.99. The van der Waals surface area contributed by atoms with E-state index in [9.17, 15) is 19.2 Å². The Bertz CT molecular complexity index is 1470. The lowest BCUT2D eigenvalue weighted by Gasteiger charge is -2.38. The van der Waals surface area contributed by atoms with Gasteiger partial charge in [-0.25, -0.2) is 0 Å². The molecule has 40 heavy (non-hydrogen) atoms. The van der Waals surface area contributed by atoms with Gasteiger partial charge in [-0.05, 0) is 60.3 Å². The highest BCUT2D eigenvalue weighted by Gasteiger charge is 2.74. The molecule has 6 rings (SSSR count). The van der Waals surface area contributed by atoms with Crippen LogP contribution in [0.25, 0.3) is 11.1 Å². The molecular weight excluding hydrogens is 504 g/mol. The van der Waals surface area contributed by atoms with E-state index in [0.29, 0.717) is 42.7 Å². The number of ether oxygens (including phenoxy) is 2. The quantitative estimate of drug-likeness (QED) is 0.307. The summed E-state index contributed by atoms with van der Waals surface area (Å²) in [5.41, 5.74) is -2.37. The number of hydrogen-bond acceptors (Lipinski definition) is 6. The van der Waals surface area contributed by atoms with Crippen molar-refractivity contribution in [1.29, 1.82) is 0 Å². The van der Waals surface area contributed by atoms with E-state index >= 15 is 0 Å². The molecule has 4 aliphatic carbocycles. The minimum absolute atomic E-state index is 0.127. The third-order valence-electron chi connectivity index (χ3n) is 12.6. The van der Waals surface area contributed by atoms with Crippen LogP contribution in [-0.4, -0.2) is 23.5 Å². The first-order valence-corrected chi connectivity index (χ1v) is 14.4. The highest BCUT2D eigenvalue weighted by atomic mass is 16.5. The Morgan fingerprint density at radius 2 is 1.15 bits per heavy atom. The lowest BCUT2D eigenvalue weighted by atomic mass is 9.65. The largest absolute Gasteiger partial charge is 0.426 e. The number of carbonyl (C=O) groups is 4. The zero-order valence-electron chi connectivity index (χ0n) is 24.3. The molecule has 4 unspecified atom stereocenters. The monoisotopic (exact) mass is 542 g/mol. The molecule has 0 saturated heterocycles. The van der Waals surface area contributed by atoms with E-state index in [1.54, 1.807) is 18.2 Å². The van der Waals surface area contributed by atoms with E-state index in [1.165, 1.54) is 0 Å². The van der Waals surface area contributed by atoms with Gasteiger partial charge in [-0.1, -0.05) is 71.9 Å². The lowest BCUT2D eigenvalue weighted by molar-refractivity contribution is -0.152. The van der Waals surface area contributed by atoms with Gasteiger partial charge in [0.15, 0.2) is 0 Å². The number of benzene rings is 2. The molecule has 0 aromatic heterocycles. The number of ketones is 2. The molecule has 0 spiro atoms. The number of rotatable bonds is 5. The van der Waals surface area contributed by atoms with Crippen LogP contribution in [0.5, 0.6) is 11.5 Å². The summed E-state index contributed by atoms with van der Waals surface area (Å²) in [5, 5.41) is 0. The van der Waals surface area contributed by atoms with Crippen molar-refractivity contribution in [3.63, 3.8) is 0 Å². The summed E-state index contributed by atoms with van der Waals surface area (Å²) in [5.74, 6) is 0.183. The van der Waals surface area contributed by atoms with Crippen LogP contribution in [0.4, 0.5) is 0 Å². The van der Waals surface area contributed by atoms with Crippen molar-refractivity contribution in [2.75, 3.05) is 0 Å². The average Bonchev–Trinajstić information content (AvgIpc) is 3.38. The molecule has 0 heterocycles. The van der Waals surface area contributed by atoms with Gasteiger partial charge in [-0.15, -0.1) is 0 Å². The van der Waals surface area contributed by atoms with Crippen molar-refractivity contribution in [2.45, 2.75) is 80.1 Å². The molecule has 4 aliphatic rings. The molecule has 6 nitrogen and oxygen atoms in total. The number of Topliss-reactive ketones (excluding diaryl/α,β-unsaturated/α-hetero) is 2. The van der Waals surface area contributed by atoms with Gasteiger partial charge in [-0.2, -0.15) is 0 Å². The fourth-order valence-electron chi connectivity index (χ4n) is 8.53. The summed E-state index contributed by atoms with van der Waals surface area (Å²) in [6, 6.07) is 14.5. The molecule has 0 radical (unpaired) electrons. The minimum atomic E-state index is -0.868. The third kappa shape index (κ3) is 3.05. The van der Waals surface area contributed by atoms with E-state index in [-0.39, 0.29) is 36.3 Å². The van der Waals surface area contributed by atoms with Crippen molar-refractivity contribution in [2.24, 2.45) is 32.5 Å². The molecular formula is C34H38O6. The summed E-state index contributed by atoms with van der Waals surface area (Å²) >= 11 is 0. The van der Waals surface area contributed by atoms with Crippen LogP contribution < -0.4 is 9.47 Å². The average molecular weight is 543 g/mol. The standard InChI is InChI=1S/C34H38O6/c1-29(2)31(5)14-16-33(29,19-25(31)35)27(37)39-22-12-13-24(23(18-22)21-10-8-7-9-11-21)40-28(38)34-17-15-32(6,26(36)20-34)30(34,3)4/h7-13,18H,14-17,19-20H2,1-6H3. The molecule has 2 aromatic carbocycles. The maximum absolute atomic E-state index is 13.8.